The number of aromatic amines is 1. The quantitative estimate of drug-likeness (QED) is 0.242. The number of aromatic hydroxyl groups is 1. The van der Waals surface area contributed by atoms with Gasteiger partial charge >= 0.3 is 0 Å². The lowest BCUT2D eigenvalue weighted by Crippen LogP contribution is -2.29. The van der Waals surface area contributed by atoms with Gasteiger partial charge in [0.1, 0.15) is 17.1 Å². The summed E-state index contributed by atoms with van der Waals surface area (Å²) in [6.45, 7) is 9.38. The Balaban J connectivity index is 1.65. The first kappa shape index (κ1) is 26.3. The number of carbonyl (C=O) groups excluding carboxylic acids is 1. The van der Waals surface area contributed by atoms with E-state index in [4.69, 9.17) is 9.47 Å². The van der Waals surface area contributed by atoms with Crippen molar-refractivity contribution in [1.29, 1.82) is 0 Å². The van der Waals surface area contributed by atoms with Gasteiger partial charge in [0.05, 0.1) is 19.3 Å². The molecule has 5 rings (SSSR count). The van der Waals surface area contributed by atoms with Crippen molar-refractivity contribution in [3.8, 4) is 28.5 Å². The van der Waals surface area contributed by atoms with Crippen LogP contribution in [0.4, 0.5) is 0 Å². The summed E-state index contributed by atoms with van der Waals surface area (Å²) >= 11 is 0. The molecule has 0 fully saturated rings. The van der Waals surface area contributed by atoms with Crippen molar-refractivity contribution in [3.63, 3.8) is 0 Å². The van der Waals surface area contributed by atoms with Crippen LogP contribution < -0.4 is 9.47 Å². The number of phenols is 1. The van der Waals surface area contributed by atoms with Crippen molar-refractivity contribution in [2.45, 2.75) is 53.1 Å². The zero-order valence-electron chi connectivity index (χ0n) is 22.8. The van der Waals surface area contributed by atoms with Crippen molar-refractivity contribution >= 4 is 5.91 Å². The average molecular weight is 527 g/mol. The van der Waals surface area contributed by atoms with Crippen LogP contribution in [0.25, 0.3) is 11.3 Å². The topological polar surface area (TPSA) is 101 Å². The highest BCUT2D eigenvalue weighted by Gasteiger charge is 2.43. The number of rotatable bonds is 10. The molecule has 3 heterocycles. The lowest BCUT2D eigenvalue weighted by molar-refractivity contribution is 0.0729. The van der Waals surface area contributed by atoms with Crippen LogP contribution in [0.5, 0.6) is 17.2 Å². The standard InChI is InChI=1S/C31H34N4O4/c1-5-7-13-39-24-11-10-22(16-25(24)38-6-2)30-27-28(26-20(4)14-19(3)15-23(26)36)33-34-29(27)31(37)35(30)18-21-9-8-12-32-17-21/h8-12,14-17,30,36H,5-7,13,18H2,1-4H3,(H,33,34). The first-order valence-electron chi connectivity index (χ1n) is 13.4. The Kier molecular flexibility index (Phi) is 7.54. The number of aryl methyl sites for hydroxylation is 2. The fourth-order valence-corrected chi connectivity index (χ4v) is 5.25. The average Bonchev–Trinajstić information content (AvgIpc) is 3.44. The second-order valence-corrected chi connectivity index (χ2v) is 9.87. The predicted molar refractivity (Wildman–Crippen MR) is 149 cm³/mol. The number of phenolic OH excluding ortho intramolecular Hbond substituents is 1. The van der Waals surface area contributed by atoms with Gasteiger partial charge in [-0.15, -0.1) is 0 Å². The van der Waals surface area contributed by atoms with Gasteiger partial charge in [-0.25, -0.2) is 0 Å². The number of carbonyl (C=O) groups is 1. The summed E-state index contributed by atoms with van der Waals surface area (Å²) < 4.78 is 12.0. The second-order valence-electron chi connectivity index (χ2n) is 9.87. The van der Waals surface area contributed by atoms with Crippen LogP contribution in [0.3, 0.4) is 0 Å². The number of H-pyrrole nitrogens is 1. The van der Waals surface area contributed by atoms with Crippen LogP contribution in [-0.2, 0) is 6.54 Å². The maximum Gasteiger partial charge on any atom is 0.273 e. The fourth-order valence-electron chi connectivity index (χ4n) is 5.25. The molecule has 8 heteroatoms. The molecule has 1 amide bonds. The third-order valence-electron chi connectivity index (χ3n) is 6.97. The number of fused-ring (bicyclic) bond motifs is 1. The van der Waals surface area contributed by atoms with Crippen LogP contribution >= 0.6 is 0 Å². The molecular formula is C31H34N4O4. The van der Waals surface area contributed by atoms with Crippen LogP contribution in [-0.4, -0.2) is 44.3 Å². The van der Waals surface area contributed by atoms with Gasteiger partial charge < -0.3 is 19.5 Å². The van der Waals surface area contributed by atoms with Crippen LogP contribution in [0, 0.1) is 13.8 Å². The lowest BCUT2D eigenvalue weighted by atomic mass is 9.93. The maximum absolute atomic E-state index is 13.8. The molecule has 1 atom stereocenters. The van der Waals surface area contributed by atoms with Gasteiger partial charge in [0, 0.05) is 30.1 Å². The first-order valence-corrected chi connectivity index (χ1v) is 13.4. The number of nitrogens with zero attached hydrogens (tertiary/aromatic N) is 3. The predicted octanol–water partition coefficient (Wildman–Crippen LogP) is 6.12. The van der Waals surface area contributed by atoms with E-state index in [0.717, 1.165) is 40.7 Å². The molecule has 1 aliphatic heterocycles. The summed E-state index contributed by atoms with van der Waals surface area (Å²) in [5.74, 6) is 1.28. The minimum absolute atomic E-state index is 0.133. The number of unbranched alkanes of at least 4 members (excludes halogenated alkanes) is 1. The minimum atomic E-state index is -0.467. The van der Waals surface area contributed by atoms with Crippen molar-refractivity contribution in [3.05, 3.63) is 88.4 Å². The molecule has 0 saturated carbocycles. The van der Waals surface area contributed by atoms with Gasteiger partial charge in [0.25, 0.3) is 5.91 Å². The molecule has 4 aromatic rings. The Morgan fingerprint density at radius 2 is 1.92 bits per heavy atom. The summed E-state index contributed by atoms with van der Waals surface area (Å²) in [6, 6.07) is 12.9. The molecule has 0 bridgehead atoms. The fraction of sp³-hybridized carbons (Fsp3) is 0.323. The Bertz CT molecular complexity index is 1460. The van der Waals surface area contributed by atoms with E-state index in [9.17, 15) is 9.90 Å². The second kappa shape index (κ2) is 11.2. The van der Waals surface area contributed by atoms with Crippen molar-refractivity contribution < 1.29 is 19.4 Å². The minimum Gasteiger partial charge on any atom is -0.507 e. The molecule has 2 N–H and O–H groups in total. The number of benzene rings is 2. The van der Waals surface area contributed by atoms with E-state index >= 15 is 0 Å². The Hall–Kier alpha value is -4.33. The molecular weight excluding hydrogens is 492 g/mol. The van der Waals surface area contributed by atoms with Crippen LogP contribution in [0.2, 0.25) is 0 Å². The van der Waals surface area contributed by atoms with Gasteiger partial charge in [-0.3, -0.25) is 14.9 Å². The largest absolute Gasteiger partial charge is 0.507 e. The molecule has 202 valence electrons. The van der Waals surface area contributed by atoms with Crippen molar-refractivity contribution in [2.24, 2.45) is 0 Å². The maximum atomic E-state index is 13.8. The SMILES string of the molecule is CCCCOc1ccc(C2c3c(-c4c(C)cc(C)cc4O)n[nH]c3C(=O)N2Cc2cccnc2)cc1OCC. The van der Waals surface area contributed by atoms with E-state index in [1.165, 1.54) is 0 Å². The molecule has 8 nitrogen and oxygen atoms in total. The first-order chi connectivity index (χ1) is 18.9. The highest BCUT2D eigenvalue weighted by atomic mass is 16.5. The Morgan fingerprint density at radius 3 is 2.64 bits per heavy atom. The van der Waals surface area contributed by atoms with E-state index in [0.29, 0.717) is 48.2 Å². The molecule has 0 spiro atoms. The number of hydrogen-bond donors (Lipinski definition) is 2. The van der Waals surface area contributed by atoms with Gasteiger partial charge in [-0.05, 0) is 73.7 Å². The molecule has 0 radical (unpaired) electrons. The van der Waals surface area contributed by atoms with Gasteiger partial charge in [-0.1, -0.05) is 31.5 Å². The van der Waals surface area contributed by atoms with Crippen molar-refractivity contribution in [2.75, 3.05) is 13.2 Å². The molecule has 1 unspecified atom stereocenters. The highest BCUT2D eigenvalue weighted by Crippen LogP contribution is 2.47. The monoisotopic (exact) mass is 526 g/mol. The number of aromatic nitrogens is 3. The van der Waals surface area contributed by atoms with E-state index in [2.05, 4.69) is 22.1 Å². The van der Waals surface area contributed by atoms with E-state index in [-0.39, 0.29) is 11.7 Å². The molecule has 39 heavy (non-hydrogen) atoms. The highest BCUT2D eigenvalue weighted by molar-refractivity contribution is 6.00. The molecule has 2 aromatic heterocycles. The van der Waals surface area contributed by atoms with Crippen molar-refractivity contribution in [1.82, 2.24) is 20.1 Å². The Labute approximate surface area is 228 Å². The summed E-state index contributed by atoms with van der Waals surface area (Å²) in [5, 5.41) is 18.5. The summed E-state index contributed by atoms with van der Waals surface area (Å²) in [5.41, 5.74) is 5.93. The number of amides is 1. The molecule has 0 aliphatic carbocycles. The van der Waals surface area contributed by atoms with Crippen LogP contribution in [0.1, 0.15) is 71.0 Å². The molecule has 0 saturated heterocycles. The number of hydrogen-bond acceptors (Lipinski definition) is 6. The normalized spacial score (nSPS) is 14.5. The van der Waals surface area contributed by atoms with Crippen LogP contribution in [0.15, 0.2) is 54.9 Å². The number of pyridine rings is 1. The number of ether oxygens (including phenoxy) is 2. The third kappa shape index (κ3) is 5.06. The summed E-state index contributed by atoms with van der Waals surface area (Å²) in [6.07, 6.45) is 5.46. The summed E-state index contributed by atoms with van der Waals surface area (Å²) in [7, 11) is 0. The van der Waals surface area contributed by atoms with E-state index < -0.39 is 6.04 Å². The van der Waals surface area contributed by atoms with Gasteiger partial charge in [-0.2, -0.15) is 5.10 Å². The smallest absolute Gasteiger partial charge is 0.273 e. The third-order valence-corrected chi connectivity index (χ3v) is 6.97. The van der Waals surface area contributed by atoms with Gasteiger partial charge in [0.2, 0.25) is 0 Å². The molecule has 2 aromatic carbocycles. The zero-order chi connectivity index (χ0) is 27.5. The summed E-state index contributed by atoms with van der Waals surface area (Å²) in [4.78, 5) is 19.9. The Morgan fingerprint density at radius 1 is 1.08 bits per heavy atom. The number of nitrogens with one attached hydrogen (secondary N) is 1. The van der Waals surface area contributed by atoms with E-state index in [1.54, 1.807) is 18.5 Å². The molecule has 1 aliphatic rings. The van der Waals surface area contributed by atoms with Gasteiger partial charge in [0.15, 0.2) is 11.5 Å². The lowest BCUT2D eigenvalue weighted by Gasteiger charge is -2.27. The van der Waals surface area contributed by atoms with E-state index in [1.807, 2.05) is 62.1 Å². The zero-order valence-corrected chi connectivity index (χ0v) is 22.8.